The Morgan fingerprint density at radius 1 is 1.29 bits per heavy atom. The van der Waals surface area contributed by atoms with E-state index in [-0.39, 0.29) is 5.82 Å². The van der Waals surface area contributed by atoms with Crippen molar-refractivity contribution in [3.8, 4) is 0 Å². The van der Waals surface area contributed by atoms with Gasteiger partial charge in [-0.3, -0.25) is 0 Å². The fraction of sp³-hybridized carbons (Fsp3) is 0.455. The Kier molecular flexibility index (Phi) is 4.98. The summed E-state index contributed by atoms with van der Waals surface area (Å²) < 4.78 is 12.6. The SMILES string of the molecule is CSCCN(C)Cc1ccc(F)cc1. The first-order chi connectivity index (χ1) is 6.72. The van der Waals surface area contributed by atoms with Crippen LogP contribution < -0.4 is 0 Å². The third kappa shape index (κ3) is 4.11. The van der Waals surface area contributed by atoms with Gasteiger partial charge in [-0.15, -0.1) is 0 Å². The molecule has 0 unspecified atom stereocenters. The topological polar surface area (TPSA) is 3.24 Å². The average molecular weight is 213 g/mol. The molecular weight excluding hydrogens is 197 g/mol. The van der Waals surface area contributed by atoms with Crippen LogP contribution in [0.2, 0.25) is 0 Å². The van der Waals surface area contributed by atoms with E-state index in [0.29, 0.717) is 0 Å². The molecule has 0 amide bonds. The zero-order valence-corrected chi connectivity index (χ0v) is 9.48. The molecule has 0 aromatic heterocycles. The number of benzene rings is 1. The smallest absolute Gasteiger partial charge is 0.123 e. The Labute approximate surface area is 89.3 Å². The predicted octanol–water partition coefficient (Wildman–Crippen LogP) is 2.62. The molecule has 0 atom stereocenters. The van der Waals surface area contributed by atoms with E-state index in [1.54, 1.807) is 0 Å². The highest BCUT2D eigenvalue weighted by Crippen LogP contribution is 2.05. The predicted molar refractivity (Wildman–Crippen MR) is 61.1 cm³/mol. The molecule has 14 heavy (non-hydrogen) atoms. The Morgan fingerprint density at radius 2 is 1.93 bits per heavy atom. The lowest BCUT2D eigenvalue weighted by molar-refractivity contribution is 0.348. The highest BCUT2D eigenvalue weighted by atomic mass is 32.2. The third-order valence-electron chi connectivity index (χ3n) is 2.04. The van der Waals surface area contributed by atoms with Crippen LogP contribution in [0.15, 0.2) is 24.3 Å². The lowest BCUT2D eigenvalue weighted by atomic mass is 10.2. The maximum absolute atomic E-state index is 12.6. The van der Waals surface area contributed by atoms with Crippen molar-refractivity contribution in [3.05, 3.63) is 35.6 Å². The molecule has 1 rings (SSSR count). The molecule has 0 radical (unpaired) electrons. The Bertz CT molecular complexity index is 260. The van der Waals surface area contributed by atoms with Gasteiger partial charge in [-0.2, -0.15) is 11.8 Å². The van der Waals surface area contributed by atoms with Gasteiger partial charge in [0.15, 0.2) is 0 Å². The molecule has 1 aromatic carbocycles. The molecule has 0 fully saturated rings. The van der Waals surface area contributed by atoms with Crippen molar-refractivity contribution in [2.45, 2.75) is 6.54 Å². The first-order valence-electron chi connectivity index (χ1n) is 4.64. The molecule has 0 bridgehead atoms. The highest BCUT2D eigenvalue weighted by Gasteiger charge is 1.99. The van der Waals surface area contributed by atoms with Crippen LogP contribution in [-0.4, -0.2) is 30.5 Å². The monoisotopic (exact) mass is 213 g/mol. The van der Waals surface area contributed by atoms with Gasteiger partial charge in [0.05, 0.1) is 0 Å². The fourth-order valence-electron chi connectivity index (χ4n) is 1.23. The quantitative estimate of drug-likeness (QED) is 0.739. The van der Waals surface area contributed by atoms with E-state index in [9.17, 15) is 4.39 Å². The van der Waals surface area contributed by atoms with Crippen molar-refractivity contribution >= 4 is 11.8 Å². The van der Waals surface area contributed by atoms with Crippen LogP contribution in [0.4, 0.5) is 4.39 Å². The van der Waals surface area contributed by atoms with Crippen LogP contribution in [0.1, 0.15) is 5.56 Å². The first-order valence-corrected chi connectivity index (χ1v) is 6.03. The van der Waals surface area contributed by atoms with Crippen LogP contribution in [0.5, 0.6) is 0 Å². The molecular formula is C11H16FNS. The summed E-state index contributed by atoms with van der Waals surface area (Å²) in [4.78, 5) is 2.24. The van der Waals surface area contributed by atoms with E-state index in [0.717, 1.165) is 24.4 Å². The zero-order valence-electron chi connectivity index (χ0n) is 8.66. The van der Waals surface area contributed by atoms with Gasteiger partial charge >= 0.3 is 0 Å². The molecule has 1 aromatic rings. The normalized spacial score (nSPS) is 10.9. The summed E-state index contributed by atoms with van der Waals surface area (Å²) in [7, 11) is 2.08. The van der Waals surface area contributed by atoms with Crippen molar-refractivity contribution in [1.29, 1.82) is 0 Å². The lowest BCUT2D eigenvalue weighted by Crippen LogP contribution is -2.20. The lowest BCUT2D eigenvalue weighted by Gasteiger charge is -2.15. The summed E-state index contributed by atoms with van der Waals surface area (Å²) in [6.07, 6.45) is 2.10. The number of halogens is 1. The van der Waals surface area contributed by atoms with E-state index < -0.39 is 0 Å². The molecule has 78 valence electrons. The molecule has 3 heteroatoms. The van der Waals surface area contributed by atoms with Gasteiger partial charge < -0.3 is 4.90 Å². The number of nitrogens with zero attached hydrogens (tertiary/aromatic N) is 1. The van der Waals surface area contributed by atoms with Crippen molar-refractivity contribution in [3.63, 3.8) is 0 Å². The standard InChI is InChI=1S/C11H16FNS/c1-13(7-8-14-2)9-10-3-5-11(12)6-4-10/h3-6H,7-9H2,1-2H3. The van der Waals surface area contributed by atoms with Crippen LogP contribution >= 0.6 is 11.8 Å². The molecule has 0 aliphatic heterocycles. The fourth-order valence-corrected chi connectivity index (χ4v) is 1.72. The third-order valence-corrected chi connectivity index (χ3v) is 2.63. The summed E-state index contributed by atoms with van der Waals surface area (Å²) in [5.74, 6) is 0.970. The highest BCUT2D eigenvalue weighted by molar-refractivity contribution is 7.98. The largest absolute Gasteiger partial charge is 0.301 e. The van der Waals surface area contributed by atoms with Crippen molar-refractivity contribution in [2.24, 2.45) is 0 Å². The number of hydrogen-bond donors (Lipinski definition) is 0. The van der Waals surface area contributed by atoms with Crippen LogP contribution in [0.25, 0.3) is 0 Å². The van der Waals surface area contributed by atoms with Crippen LogP contribution in [0.3, 0.4) is 0 Å². The van der Waals surface area contributed by atoms with E-state index >= 15 is 0 Å². The molecule has 0 saturated carbocycles. The van der Waals surface area contributed by atoms with Gasteiger partial charge in [0, 0.05) is 18.8 Å². The molecule has 0 heterocycles. The van der Waals surface area contributed by atoms with E-state index in [1.165, 1.54) is 12.1 Å². The number of hydrogen-bond acceptors (Lipinski definition) is 2. The Hall–Kier alpha value is -0.540. The number of rotatable bonds is 5. The summed E-state index contributed by atoms with van der Waals surface area (Å²) in [6, 6.07) is 6.70. The zero-order chi connectivity index (χ0) is 10.4. The summed E-state index contributed by atoms with van der Waals surface area (Å²) in [5, 5.41) is 0. The van der Waals surface area contributed by atoms with E-state index in [4.69, 9.17) is 0 Å². The maximum atomic E-state index is 12.6. The van der Waals surface area contributed by atoms with Gasteiger partial charge in [-0.05, 0) is 31.0 Å². The van der Waals surface area contributed by atoms with Gasteiger partial charge in [0.2, 0.25) is 0 Å². The summed E-state index contributed by atoms with van der Waals surface area (Å²) in [6.45, 7) is 1.96. The maximum Gasteiger partial charge on any atom is 0.123 e. The van der Waals surface area contributed by atoms with Gasteiger partial charge in [-0.1, -0.05) is 12.1 Å². The first kappa shape index (κ1) is 11.5. The second-order valence-electron chi connectivity index (χ2n) is 3.36. The summed E-state index contributed by atoms with van der Waals surface area (Å²) >= 11 is 1.84. The molecule has 1 nitrogen and oxygen atoms in total. The minimum atomic E-state index is -0.166. The van der Waals surface area contributed by atoms with Gasteiger partial charge in [0.1, 0.15) is 5.82 Å². The molecule has 0 spiro atoms. The molecule has 0 aliphatic rings. The van der Waals surface area contributed by atoms with Crippen molar-refractivity contribution in [2.75, 3.05) is 25.6 Å². The van der Waals surface area contributed by atoms with Crippen LogP contribution in [0, 0.1) is 5.82 Å². The van der Waals surface area contributed by atoms with Crippen molar-refractivity contribution < 1.29 is 4.39 Å². The minimum Gasteiger partial charge on any atom is -0.301 e. The van der Waals surface area contributed by atoms with E-state index in [1.807, 2.05) is 23.9 Å². The number of thioether (sulfide) groups is 1. The minimum absolute atomic E-state index is 0.166. The Morgan fingerprint density at radius 3 is 2.50 bits per heavy atom. The Balaban J connectivity index is 2.39. The molecule has 0 saturated heterocycles. The second-order valence-corrected chi connectivity index (χ2v) is 4.34. The van der Waals surface area contributed by atoms with Gasteiger partial charge in [-0.25, -0.2) is 4.39 Å². The van der Waals surface area contributed by atoms with Crippen molar-refractivity contribution in [1.82, 2.24) is 4.90 Å². The van der Waals surface area contributed by atoms with Gasteiger partial charge in [0.25, 0.3) is 0 Å². The summed E-state index contributed by atoms with van der Waals surface area (Å²) in [5.41, 5.74) is 1.16. The second kappa shape index (κ2) is 6.04. The van der Waals surface area contributed by atoms with E-state index in [2.05, 4.69) is 18.2 Å². The molecule has 0 N–H and O–H groups in total. The molecule has 0 aliphatic carbocycles. The average Bonchev–Trinajstić information content (AvgIpc) is 2.18. The van der Waals surface area contributed by atoms with Crippen LogP contribution in [-0.2, 0) is 6.54 Å².